The third-order valence-corrected chi connectivity index (χ3v) is 9.59. The Morgan fingerprint density at radius 3 is 1.90 bits per heavy atom. The Morgan fingerprint density at radius 2 is 1.39 bits per heavy atom. The van der Waals surface area contributed by atoms with Crippen LogP contribution in [-0.4, -0.2) is 16.8 Å². The van der Waals surface area contributed by atoms with Crippen LogP contribution in [0.4, 0.5) is 11.4 Å². The van der Waals surface area contributed by atoms with Crippen LogP contribution < -0.4 is 15.2 Å². The monoisotopic (exact) mass is 559 g/mol. The summed E-state index contributed by atoms with van der Waals surface area (Å²) in [4.78, 5) is -0.294. The lowest BCUT2D eigenvalue weighted by atomic mass is 10.2. The molecular formula is C17H13Cl4N3O4S3. The minimum Gasteiger partial charge on any atom is -0.326 e. The zero-order chi connectivity index (χ0) is 23.0. The smallest absolute Gasteiger partial charge is 0.271 e. The Morgan fingerprint density at radius 1 is 0.806 bits per heavy atom. The van der Waals surface area contributed by atoms with E-state index in [2.05, 4.69) is 9.44 Å². The molecular weight excluding hydrogens is 548 g/mol. The Kier molecular flexibility index (Phi) is 7.34. The van der Waals surface area contributed by atoms with Crippen LogP contribution in [-0.2, 0) is 26.6 Å². The van der Waals surface area contributed by atoms with Crippen molar-refractivity contribution >= 4 is 89.2 Å². The number of nitrogens with one attached hydrogen (secondary N) is 2. The van der Waals surface area contributed by atoms with Crippen LogP contribution in [0.25, 0.3) is 0 Å². The number of benzene rings is 2. The Hall–Kier alpha value is -1.24. The van der Waals surface area contributed by atoms with Crippen molar-refractivity contribution in [3.63, 3.8) is 0 Å². The summed E-state index contributed by atoms with van der Waals surface area (Å²) in [6.45, 7) is -0.0167. The van der Waals surface area contributed by atoms with Crippen molar-refractivity contribution in [2.24, 2.45) is 5.73 Å². The molecule has 0 bridgehead atoms. The third-order valence-electron chi connectivity index (χ3n) is 3.92. The van der Waals surface area contributed by atoms with Gasteiger partial charge in [0.1, 0.15) is 9.10 Å². The lowest BCUT2D eigenvalue weighted by molar-refractivity contribution is 0.599. The van der Waals surface area contributed by atoms with Gasteiger partial charge in [-0.2, -0.15) is 0 Å². The van der Waals surface area contributed by atoms with Crippen molar-refractivity contribution in [3.8, 4) is 0 Å². The summed E-state index contributed by atoms with van der Waals surface area (Å²) in [5.41, 5.74) is 5.66. The maximum atomic E-state index is 13.0. The number of anilines is 2. The third kappa shape index (κ3) is 5.40. The molecule has 0 aliphatic rings. The number of hydrogen-bond acceptors (Lipinski definition) is 6. The van der Waals surface area contributed by atoms with Crippen LogP contribution >= 0.6 is 57.7 Å². The first-order valence-electron chi connectivity index (χ1n) is 8.21. The fraction of sp³-hybridized carbons (Fsp3) is 0.0588. The van der Waals surface area contributed by atoms with Crippen molar-refractivity contribution in [1.82, 2.24) is 0 Å². The standard InChI is InChI=1S/C17H13Cl4N3O4S3/c18-10-5-13(21)16(4-9(10)8-22)30(25,26)23-14-6-11(19)12(20)7-15(14)24-31(27,28)17-2-1-3-29-17/h1-7,23-24H,8,22H2. The lowest BCUT2D eigenvalue weighted by Crippen LogP contribution is -2.18. The predicted molar refractivity (Wildman–Crippen MR) is 127 cm³/mol. The van der Waals surface area contributed by atoms with Crippen LogP contribution in [0.2, 0.25) is 20.1 Å². The maximum Gasteiger partial charge on any atom is 0.271 e. The van der Waals surface area contributed by atoms with Crippen molar-refractivity contribution in [3.05, 3.63) is 67.4 Å². The fourth-order valence-corrected chi connectivity index (χ4v) is 6.80. The molecule has 0 fully saturated rings. The lowest BCUT2D eigenvalue weighted by Gasteiger charge is -2.16. The number of thiophene rings is 1. The number of hydrogen-bond donors (Lipinski definition) is 3. The van der Waals surface area contributed by atoms with E-state index in [-0.39, 0.29) is 47.1 Å². The van der Waals surface area contributed by atoms with E-state index in [0.29, 0.717) is 5.56 Å². The van der Waals surface area contributed by atoms with E-state index in [0.717, 1.165) is 11.3 Å². The molecule has 1 heterocycles. The van der Waals surface area contributed by atoms with Gasteiger partial charge in [-0.3, -0.25) is 9.44 Å². The molecule has 7 nitrogen and oxygen atoms in total. The number of halogens is 4. The molecule has 0 spiro atoms. The van der Waals surface area contributed by atoms with Crippen LogP contribution in [0.15, 0.2) is 50.9 Å². The summed E-state index contributed by atoms with van der Waals surface area (Å²) >= 11 is 25.1. The van der Waals surface area contributed by atoms with Crippen LogP contribution in [0, 0.1) is 0 Å². The topological polar surface area (TPSA) is 118 Å². The minimum atomic E-state index is -4.28. The van der Waals surface area contributed by atoms with Gasteiger partial charge >= 0.3 is 0 Å². The maximum absolute atomic E-state index is 13.0. The summed E-state index contributed by atoms with van der Waals surface area (Å²) < 4.78 is 55.9. The molecule has 0 aliphatic heterocycles. The van der Waals surface area contributed by atoms with Gasteiger partial charge in [0.25, 0.3) is 20.0 Å². The molecule has 4 N–H and O–H groups in total. The summed E-state index contributed by atoms with van der Waals surface area (Å²) in [5.74, 6) is 0. The molecule has 0 saturated carbocycles. The SMILES string of the molecule is NCc1cc(S(=O)(=O)Nc2cc(Cl)c(Cl)cc2NS(=O)(=O)c2cccs2)c(Cl)cc1Cl. The molecule has 3 rings (SSSR count). The highest BCUT2D eigenvalue weighted by Crippen LogP contribution is 2.37. The highest BCUT2D eigenvalue weighted by molar-refractivity contribution is 7.94. The fourth-order valence-electron chi connectivity index (χ4n) is 2.46. The van der Waals surface area contributed by atoms with Crippen molar-refractivity contribution in [2.75, 3.05) is 9.44 Å². The average molecular weight is 561 g/mol. The molecule has 0 unspecified atom stereocenters. The molecule has 31 heavy (non-hydrogen) atoms. The van der Waals surface area contributed by atoms with Crippen LogP contribution in [0.1, 0.15) is 5.56 Å². The average Bonchev–Trinajstić information content (AvgIpc) is 3.21. The van der Waals surface area contributed by atoms with Gasteiger partial charge < -0.3 is 5.73 Å². The summed E-state index contributed by atoms with van der Waals surface area (Å²) in [6, 6.07) is 7.84. The number of sulfonamides is 2. The first kappa shape index (κ1) is 24.4. The van der Waals surface area contributed by atoms with Crippen molar-refractivity contribution in [1.29, 1.82) is 0 Å². The van der Waals surface area contributed by atoms with Gasteiger partial charge in [0, 0.05) is 11.6 Å². The van der Waals surface area contributed by atoms with Crippen molar-refractivity contribution < 1.29 is 16.8 Å². The highest BCUT2D eigenvalue weighted by Gasteiger charge is 2.24. The summed E-state index contributed by atoms with van der Waals surface area (Å²) in [6.07, 6.45) is 0. The quantitative estimate of drug-likeness (QED) is 0.356. The first-order chi connectivity index (χ1) is 14.4. The van der Waals surface area contributed by atoms with E-state index in [9.17, 15) is 16.8 Å². The van der Waals surface area contributed by atoms with Gasteiger partial charge in [-0.25, -0.2) is 16.8 Å². The molecule has 2 aromatic carbocycles. The van der Waals surface area contributed by atoms with Gasteiger partial charge in [-0.15, -0.1) is 11.3 Å². The van der Waals surface area contributed by atoms with Gasteiger partial charge in [0.2, 0.25) is 0 Å². The van der Waals surface area contributed by atoms with E-state index < -0.39 is 20.0 Å². The molecule has 0 radical (unpaired) electrons. The Bertz CT molecular complexity index is 1350. The normalized spacial score (nSPS) is 12.0. The zero-order valence-corrected chi connectivity index (χ0v) is 20.7. The minimum absolute atomic E-state index is 0.00304. The molecule has 0 amide bonds. The predicted octanol–water partition coefficient (Wildman–Crippen LogP) is 5.42. The largest absolute Gasteiger partial charge is 0.326 e. The van der Waals surface area contributed by atoms with Gasteiger partial charge in [0.05, 0.1) is 26.4 Å². The molecule has 1 aromatic heterocycles. The molecule has 0 atom stereocenters. The summed E-state index contributed by atoms with van der Waals surface area (Å²) in [5, 5.41) is 1.68. The second-order valence-corrected chi connectivity index (χ2v) is 12.2. The van der Waals surface area contributed by atoms with E-state index in [4.69, 9.17) is 52.1 Å². The zero-order valence-electron chi connectivity index (χ0n) is 15.2. The van der Waals surface area contributed by atoms with E-state index in [1.807, 2.05) is 0 Å². The van der Waals surface area contributed by atoms with Gasteiger partial charge in [-0.05, 0) is 41.3 Å². The molecule has 166 valence electrons. The van der Waals surface area contributed by atoms with Crippen LogP contribution in [0.5, 0.6) is 0 Å². The van der Waals surface area contributed by atoms with Gasteiger partial charge in [-0.1, -0.05) is 52.5 Å². The van der Waals surface area contributed by atoms with Gasteiger partial charge in [0.15, 0.2) is 0 Å². The second kappa shape index (κ2) is 9.32. The number of nitrogens with two attached hydrogens (primary N) is 1. The first-order valence-corrected chi connectivity index (χ1v) is 13.6. The Balaban J connectivity index is 2.06. The highest BCUT2D eigenvalue weighted by atomic mass is 35.5. The molecule has 14 heteroatoms. The van der Waals surface area contributed by atoms with E-state index in [1.54, 1.807) is 11.4 Å². The van der Waals surface area contributed by atoms with E-state index in [1.165, 1.54) is 30.3 Å². The van der Waals surface area contributed by atoms with E-state index >= 15 is 0 Å². The Labute approximate surface area is 203 Å². The molecule has 0 saturated heterocycles. The molecule has 0 aliphatic carbocycles. The van der Waals surface area contributed by atoms with Crippen molar-refractivity contribution in [2.45, 2.75) is 15.6 Å². The summed E-state index contributed by atoms with van der Waals surface area (Å²) in [7, 11) is -8.28. The second-order valence-electron chi connectivity index (χ2n) is 6.03. The molecule has 3 aromatic rings. The van der Waals surface area contributed by atoms with Crippen LogP contribution in [0.3, 0.4) is 0 Å². The number of rotatable bonds is 7.